The van der Waals surface area contributed by atoms with Crippen molar-refractivity contribution >= 4 is 26.6 Å². The standard InChI is InChI=1S/C27H28F2N4O5S/c1-3-39(35,36)31-23-14-20(21-16-32(2)27(34)26-19(21)6-7-30-26)25(38-24-5-4-18(28)13-22(24)29)12-17(23)15-33-8-10-37-11-9-33/h4-7,12-14,16,30-31H,3,8-11,15H2,1-2H3. The number of sulfonamides is 1. The molecule has 0 spiro atoms. The first-order chi connectivity index (χ1) is 18.6. The number of aryl methyl sites for hydroxylation is 1. The smallest absolute Gasteiger partial charge is 0.274 e. The molecule has 0 saturated carbocycles. The van der Waals surface area contributed by atoms with E-state index in [1.807, 2.05) is 0 Å². The van der Waals surface area contributed by atoms with Crippen LogP contribution < -0.4 is 15.0 Å². The third-order valence-corrected chi connectivity index (χ3v) is 7.94. The Kier molecular flexibility index (Phi) is 7.43. The Balaban J connectivity index is 1.74. The quantitative estimate of drug-likeness (QED) is 0.336. The molecule has 0 aliphatic carbocycles. The van der Waals surface area contributed by atoms with Gasteiger partial charge in [-0.25, -0.2) is 17.2 Å². The lowest BCUT2D eigenvalue weighted by molar-refractivity contribution is 0.0342. The molecule has 1 aliphatic rings. The largest absolute Gasteiger partial charge is 0.454 e. The van der Waals surface area contributed by atoms with Crippen LogP contribution in [0.1, 0.15) is 12.5 Å². The Morgan fingerprint density at radius 3 is 2.56 bits per heavy atom. The predicted molar refractivity (Wildman–Crippen MR) is 145 cm³/mol. The molecule has 1 saturated heterocycles. The van der Waals surface area contributed by atoms with E-state index in [1.54, 1.807) is 37.6 Å². The van der Waals surface area contributed by atoms with Gasteiger partial charge in [0.25, 0.3) is 5.56 Å². The predicted octanol–water partition coefficient (Wildman–Crippen LogP) is 4.20. The van der Waals surface area contributed by atoms with Crippen LogP contribution in [0.4, 0.5) is 14.5 Å². The minimum Gasteiger partial charge on any atom is -0.454 e. The van der Waals surface area contributed by atoms with Crippen LogP contribution in [0.3, 0.4) is 0 Å². The van der Waals surface area contributed by atoms with Crippen LogP contribution in [0.2, 0.25) is 0 Å². The van der Waals surface area contributed by atoms with Crippen LogP contribution in [0, 0.1) is 11.6 Å². The average Bonchev–Trinajstić information content (AvgIpc) is 3.40. The van der Waals surface area contributed by atoms with Gasteiger partial charge >= 0.3 is 0 Å². The van der Waals surface area contributed by atoms with Gasteiger partial charge in [0.05, 0.1) is 24.7 Å². The molecule has 2 aromatic carbocycles. The zero-order valence-electron chi connectivity index (χ0n) is 21.5. The molecule has 2 aromatic heterocycles. The zero-order chi connectivity index (χ0) is 27.7. The summed E-state index contributed by atoms with van der Waals surface area (Å²) in [7, 11) is -2.06. The summed E-state index contributed by atoms with van der Waals surface area (Å²) in [4.78, 5) is 17.8. The molecule has 0 bridgehead atoms. The van der Waals surface area contributed by atoms with Crippen molar-refractivity contribution in [2.75, 3.05) is 36.8 Å². The second-order valence-corrected chi connectivity index (χ2v) is 11.3. The zero-order valence-corrected chi connectivity index (χ0v) is 22.3. The second kappa shape index (κ2) is 10.8. The van der Waals surface area contributed by atoms with Crippen LogP contribution in [-0.2, 0) is 28.4 Å². The number of pyridine rings is 1. The number of morpholine rings is 1. The topological polar surface area (TPSA) is 106 Å². The third kappa shape index (κ3) is 5.68. The van der Waals surface area contributed by atoms with Crippen molar-refractivity contribution in [2.24, 2.45) is 7.05 Å². The first-order valence-corrected chi connectivity index (χ1v) is 14.1. The number of H-pyrrole nitrogens is 1. The highest BCUT2D eigenvalue weighted by Gasteiger charge is 2.22. The van der Waals surface area contributed by atoms with E-state index in [2.05, 4.69) is 14.6 Å². The van der Waals surface area contributed by atoms with Crippen LogP contribution >= 0.6 is 0 Å². The molecule has 5 rings (SSSR count). The molecule has 39 heavy (non-hydrogen) atoms. The SMILES string of the molecule is CCS(=O)(=O)Nc1cc(-c2cn(C)c(=O)c3[nH]ccc23)c(Oc2ccc(F)cc2F)cc1CN1CCOCC1. The highest BCUT2D eigenvalue weighted by Crippen LogP contribution is 2.41. The van der Waals surface area contributed by atoms with Gasteiger partial charge in [-0.05, 0) is 42.8 Å². The number of anilines is 1. The number of hydrogen-bond acceptors (Lipinski definition) is 6. The van der Waals surface area contributed by atoms with Crippen molar-refractivity contribution in [3.05, 3.63) is 76.3 Å². The molecule has 206 valence electrons. The summed E-state index contributed by atoms with van der Waals surface area (Å²) in [6.45, 7) is 4.30. The number of nitrogens with zero attached hydrogens (tertiary/aromatic N) is 2. The molecular formula is C27H28F2N4O5S. The van der Waals surface area contributed by atoms with Crippen molar-refractivity contribution in [1.82, 2.24) is 14.5 Å². The summed E-state index contributed by atoms with van der Waals surface area (Å²) < 4.78 is 69.2. The lowest BCUT2D eigenvalue weighted by Gasteiger charge is -2.28. The van der Waals surface area contributed by atoms with Gasteiger partial charge in [0, 0.05) is 61.7 Å². The van der Waals surface area contributed by atoms with Gasteiger partial charge in [-0.3, -0.25) is 14.4 Å². The maximum Gasteiger partial charge on any atom is 0.274 e. The first kappa shape index (κ1) is 26.9. The van der Waals surface area contributed by atoms with E-state index in [1.165, 1.54) is 17.6 Å². The molecule has 0 amide bonds. The molecule has 0 radical (unpaired) electrons. The number of aromatic nitrogens is 2. The molecule has 0 unspecified atom stereocenters. The maximum absolute atomic E-state index is 14.7. The number of rotatable bonds is 8. The van der Waals surface area contributed by atoms with Crippen molar-refractivity contribution in [2.45, 2.75) is 13.5 Å². The summed E-state index contributed by atoms with van der Waals surface area (Å²) in [5, 5.41) is 0.577. The molecule has 0 atom stereocenters. The second-order valence-electron chi connectivity index (χ2n) is 9.30. The van der Waals surface area contributed by atoms with Crippen molar-refractivity contribution in [3.63, 3.8) is 0 Å². The van der Waals surface area contributed by atoms with Crippen molar-refractivity contribution in [3.8, 4) is 22.6 Å². The molecule has 2 N–H and O–H groups in total. The highest BCUT2D eigenvalue weighted by atomic mass is 32.2. The van der Waals surface area contributed by atoms with Gasteiger partial charge in [0.2, 0.25) is 10.0 Å². The fourth-order valence-electron chi connectivity index (χ4n) is 4.54. The van der Waals surface area contributed by atoms with E-state index in [-0.39, 0.29) is 22.8 Å². The van der Waals surface area contributed by atoms with Crippen molar-refractivity contribution in [1.29, 1.82) is 0 Å². The van der Waals surface area contributed by atoms with E-state index in [0.29, 0.717) is 66.1 Å². The van der Waals surface area contributed by atoms with Gasteiger partial charge < -0.3 is 19.0 Å². The van der Waals surface area contributed by atoms with E-state index in [0.717, 1.165) is 12.1 Å². The highest BCUT2D eigenvalue weighted by molar-refractivity contribution is 7.92. The van der Waals surface area contributed by atoms with Gasteiger partial charge in [0.15, 0.2) is 11.6 Å². The lowest BCUT2D eigenvalue weighted by atomic mass is 9.99. The van der Waals surface area contributed by atoms with Gasteiger partial charge in [-0.15, -0.1) is 0 Å². The fourth-order valence-corrected chi connectivity index (χ4v) is 5.21. The number of benzene rings is 2. The summed E-state index contributed by atoms with van der Waals surface area (Å²) in [6.07, 6.45) is 3.24. The first-order valence-electron chi connectivity index (χ1n) is 12.4. The van der Waals surface area contributed by atoms with E-state index >= 15 is 0 Å². The molecule has 9 nitrogen and oxygen atoms in total. The van der Waals surface area contributed by atoms with Crippen LogP contribution in [0.15, 0.2) is 53.6 Å². The number of aromatic amines is 1. The van der Waals surface area contributed by atoms with E-state index in [4.69, 9.17) is 9.47 Å². The molecule has 1 aliphatic heterocycles. The summed E-state index contributed by atoms with van der Waals surface area (Å²) in [6, 6.07) is 8.02. The summed E-state index contributed by atoms with van der Waals surface area (Å²) in [5.74, 6) is -1.76. The number of nitrogens with one attached hydrogen (secondary N) is 2. The maximum atomic E-state index is 14.7. The van der Waals surface area contributed by atoms with Crippen LogP contribution in [0.25, 0.3) is 22.0 Å². The Morgan fingerprint density at radius 2 is 1.85 bits per heavy atom. The number of fused-ring (bicyclic) bond motifs is 1. The molecule has 12 heteroatoms. The van der Waals surface area contributed by atoms with Crippen LogP contribution in [0.5, 0.6) is 11.5 Å². The van der Waals surface area contributed by atoms with Crippen molar-refractivity contribution < 1.29 is 26.7 Å². The Hall–Kier alpha value is -3.74. The monoisotopic (exact) mass is 558 g/mol. The number of halogens is 2. The van der Waals surface area contributed by atoms with Crippen LogP contribution in [-0.4, -0.2) is 54.9 Å². The molecular weight excluding hydrogens is 530 g/mol. The number of ether oxygens (including phenoxy) is 2. The van der Waals surface area contributed by atoms with E-state index < -0.39 is 21.7 Å². The van der Waals surface area contributed by atoms with E-state index in [9.17, 15) is 22.0 Å². The summed E-state index contributed by atoms with van der Waals surface area (Å²) in [5.41, 5.74) is 2.01. The Labute approximate surface area is 224 Å². The lowest BCUT2D eigenvalue weighted by Crippen LogP contribution is -2.36. The molecule has 1 fully saturated rings. The minimum absolute atomic E-state index is 0.139. The van der Waals surface area contributed by atoms with Gasteiger partial charge in [0.1, 0.15) is 17.1 Å². The average molecular weight is 559 g/mol. The Bertz CT molecular complexity index is 1690. The number of hydrogen-bond donors (Lipinski definition) is 2. The third-order valence-electron chi connectivity index (χ3n) is 6.65. The normalized spacial score (nSPS) is 14.6. The fraction of sp³-hybridized carbons (Fsp3) is 0.296. The van der Waals surface area contributed by atoms with Gasteiger partial charge in [-0.1, -0.05) is 0 Å². The Morgan fingerprint density at radius 1 is 1.08 bits per heavy atom. The van der Waals surface area contributed by atoms with Gasteiger partial charge in [-0.2, -0.15) is 0 Å². The minimum atomic E-state index is -3.66. The molecule has 3 heterocycles. The summed E-state index contributed by atoms with van der Waals surface area (Å²) >= 11 is 0. The molecule has 4 aromatic rings.